The molecular formula is C10H14ClNO3. The van der Waals surface area contributed by atoms with Gasteiger partial charge in [0.25, 0.3) is 0 Å². The largest absolute Gasteiger partial charge is 0.504 e. The lowest BCUT2D eigenvalue weighted by Gasteiger charge is -2.13. The molecule has 84 valence electrons. The zero-order valence-corrected chi connectivity index (χ0v) is 9.47. The molecule has 0 aliphatic carbocycles. The van der Waals surface area contributed by atoms with Gasteiger partial charge in [-0.3, -0.25) is 0 Å². The summed E-state index contributed by atoms with van der Waals surface area (Å²) in [6.07, 6.45) is 0.581. The van der Waals surface area contributed by atoms with Crippen LogP contribution in [0.1, 0.15) is 11.1 Å². The van der Waals surface area contributed by atoms with Crippen molar-refractivity contribution >= 4 is 11.6 Å². The molecule has 1 aromatic rings. The van der Waals surface area contributed by atoms with Crippen LogP contribution in [0, 0.1) is 6.92 Å². The summed E-state index contributed by atoms with van der Waals surface area (Å²) in [5.41, 5.74) is 1.76. The van der Waals surface area contributed by atoms with E-state index in [9.17, 15) is 5.11 Å². The number of phenolic OH excluding ortho intramolecular Hbond substituents is 1. The van der Waals surface area contributed by atoms with Crippen molar-refractivity contribution in [1.82, 2.24) is 0 Å². The van der Waals surface area contributed by atoms with Crippen molar-refractivity contribution in [1.29, 1.82) is 0 Å². The van der Waals surface area contributed by atoms with Crippen molar-refractivity contribution in [3.05, 3.63) is 22.2 Å². The Bertz CT molecular complexity index is 355. The topological polar surface area (TPSA) is 64.7 Å². The molecule has 15 heavy (non-hydrogen) atoms. The summed E-state index contributed by atoms with van der Waals surface area (Å²) in [5.74, 6) is 5.28. The maximum atomic E-state index is 9.56. The van der Waals surface area contributed by atoms with Crippen molar-refractivity contribution in [2.75, 3.05) is 13.7 Å². The minimum absolute atomic E-state index is 0.0393. The fourth-order valence-corrected chi connectivity index (χ4v) is 1.86. The van der Waals surface area contributed by atoms with Crippen LogP contribution in [0.25, 0.3) is 0 Å². The Morgan fingerprint density at radius 2 is 2.20 bits per heavy atom. The van der Waals surface area contributed by atoms with E-state index in [0.29, 0.717) is 18.1 Å². The predicted molar refractivity (Wildman–Crippen MR) is 58.2 cm³/mol. The number of benzene rings is 1. The molecule has 0 spiro atoms. The van der Waals surface area contributed by atoms with Gasteiger partial charge in [0.15, 0.2) is 11.5 Å². The molecule has 0 unspecified atom stereocenters. The Balaban J connectivity index is 3.14. The molecule has 3 N–H and O–H groups in total. The minimum atomic E-state index is 0.0393. The van der Waals surface area contributed by atoms with Gasteiger partial charge in [-0.15, -0.1) is 0 Å². The third kappa shape index (κ3) is 2.53. The van der Waals surface area contributed by atoms with Gasteiger partial charge < -0.3 is 14.7 Å². The van der Waals surface area contributed by atoms with Gasteiger partial charge in [0.1, 0.15) is 0 Å². The summed E-state index contributed by atoms with van der Waals surface area (Å²) in [6, 6.07) is 1.61. The van der Waals surface area contributed by atoms with E-state index in [1.165, 1.54) is 7.11 Å². The molecule has 0 saturated carbocycles. The zero-order valence-electron chi connectivity index (χ0n) is 8.71. The number of halogens is 1. The van der Waals surface area contributed by atoms with E-state index in [1.807, 2.05) is 6.92 Å². The number of hydrogen-bond acceptors (Lipinski definition) is 4. The SMILES string of the molecule is COc1c(O)cc(C)c(CCON)c1Cl. The summed E-state index contributed by atoms with van der Waals surface area (Å²) < 4.78 is 5.00. The Hall–Kier alpha value is -0.970. The average Bonchev–Trinajstić information content (AvgIpc) is 2.17. The van der Waals surface area contributed by atoms with Crippen LogP contribution in [0.4, 0.5) is 0 Å². The first-order valence-corrected chi connectivity index (χ1v) is 4.86. The monoisotopic (exact) mass is 231 g/mol. The summed E-state index contributed by atoms with van der Waals surface area (Å²) in [6.45, 7) is 2.23. The highest BCUT2D eigenvalue weighted by atomic mass is 35.5. The van der Waals surface area contributed by atoms with Crippen molar-refractivity contribution in [3.63, 3.8) is 0 Å². The van der Waals surface area contributed by atoms with E-state index in [2.05, 4.69) is 4.84 Å². The molecule has 1 rings (SSSR count). The van der Waals surface area contributed by atoms with Crippen LogP contribution in [0.3, 0.4) is 0 Å². The van der Waals surface area contributed by atoms with Gasteiger partial charge in [0.05, 0.1) is 18.7 Å². The Kier molecular flexibility index (Phi) is 4.20. The molecule has 4 nitrogen and oxygen atoms in total. The van der Waals surface area contributed by atoms with Crippen LogP contribution in [0.5, 0.6) is 11.5 Å². The molecule has 0 saturated heterocycles. The minimum Gasteiger partial charge on any atom is -0.504 e. The van der Waals surface area contributed by atoms with Gasteiger partial charge >= 0.3 is 0 Å². The summed E-state index contributed by atoms with van der Waals surface area (Å²) in [4.78, 5) is 4.50. The molecule has 0 radical (unpaired) electrons. The second-order valence-electron chi connectivity index (χ2n) is 3.16. The lowest BCUT2D eigenvalue weighted by Crippen LogP contribution is -2.05. The zero-order chi connectivity index (χ0) is 11.4. The van der Waals surface area contributed by atoms with E-state index in [0.717, 1.165) is 11.1 Å². The van der Waals surface area contributed by atoms with E-state index >= 15 is 0 Å². The van der Waals surface area contributed by atoms with Gasteiger partial charge in [-0.1, -0.05) is 11.6 Å². The van der Waals surface area contributed by atoms with Crippen LogP contribution < -0.4 is 10.6 Å². The molecule has 0 atom stereocenters. The Labute approximate surface area is 93.5 Å². The molecule has 0 aliphatic heterocycles. The van der Waals surface area contributed by atoms with E-state index in [-0.39, 0.29) is 11.5 Å². The first-order valence-electron chi connectivity index (χ1n) is 4.48. The molecule has 0 aliphatic rings. The standard InChI is InChI=1S/C10H14ClNO3/c1-6-5-8(13)10(14-2)9(11)7(6)3-4-15-12/h5,13H,3-4,12H2,1-2H3. The maximum Gasteiger partial charge on any atom is 0.179 e. The summed E-state index contributed by atoms with van der Waals surface area (Å²) in [7, 11) is 1.46. The molecule has 0 aromatic heterocycles. The maximum absolute atomic E-state index is 9.56. The first-order chi connectivity index (χ1) is 7.11. The molecule has 5 heteroatoms. The van der Waals surface area contributed by atoms with Crippen molar-refractivity contribution < 1.29 is 14.7 Å². The fourth-order valence-electron chi connectivity index (χ4n) is 1.44. The molecular weight excluding hydrogens is 218 g/mol. The number of rotatable bonds is 4. The second kappa shape index (κ2) is 5.21. The highest BCUT2D eigenvalue weighted by molar-refractivity contribution is 6.33. The lowest BCUT2D eigenvalue weighted by molar-refractivity contribution is 0.141. The summed E-state index contributed by atoms with van der Waals surface area (Å²) >= 11 is 6.07. The highest BCUT2D eigenvalue weighted by Gasteiger charge is 2.14. The lowest BCUT2D eigenvalue weighted by atomic mass is 10.0. The number of methoxy groups -OCH3 is 1. The molecule has 0 bridgehead atoms. The second-order valence-corrected chi connectivity index (χ2v) is 3.54. The number of nitrogens with two attached hydrogens (primary N) is 1. The fraction of sp³-hybridized carbons (Fsp3) is 0.400. The quantitative estimate of drug-likeness (QED) is 0.776. The van der Waals surface area contributed by atoms with Gasteiger partial charge in [-0.25, -0.2) is 5.90 Å². The normalized spacial score (nSPS) is 10.4. The van der Waals surface area contributed by atoms with Gasteiger partial charge in [-0.05, 0) is 30.5 Å². The van der Waals surface area contributed by atoms with Gasteiger partial charge in [0, 0.05) is 0 Å². The van der Waals surface area contributed by atoms with E-state index < -0.39 is 0 Å². The predicted octanol–water partition coefficient (Wildman–Crippen LogP) is 1.80. The number of aryl methyl sites for hydroxylation is 1. The van der Waals surface area contributed by atoms with Gasteiger partial charge in [-0.2, -0.15) is 0 Å². The van der Waals surface area contributed by atoms with Crippen molar-refractivity contribution in [2.45, 2.75) is 13.3 Å². The first kappa shape index (κ1) is 12.1. The third-order valence-electron chi connectivity index (χ3n) is 2.20. The van der Waals surface area contributed by atoms with Crippen LogP contribution in [0.2, 0.25) is 5.02 Å². The van der Waals surface area contributed by atoms with Crippen LogP contribution in [-0.2, 0) is 11.3 Å². The van der Waals surface area contributed by atoms with Crippen LogP contribution in [-0.4, -0.2) is 18.8 Å². The number of aromatic hydroxyl groups is 1. The highest BCUT2D eigenvalue weighted by Crippen LogP contribution is 2.38. The smallest absolute Gasteiger partial charge is 0.179 e. The molecule has 0 amide bonds. The molecule has 0 heterocycles. The molecule has 0 fully saturated rings. The number of ether oxygens (including phenoxy) is 1. The van der Waals surface area contributed by atoms with E-state index in [4.69, 9.17) is 22.2 Å². The summed E-state index contributed by atoms with van der Waals surface area (Å²) in [5, 5.41) is 9.97. The number of phenols is 1. The van der Waals surface area contributed by atoms with Crippen LogP contribution in [0.15, 0.2) is 6.07 Å². The van der Waals surface area contributed by atoms with Crippen LogP contribution >= 0.6 is 11.6 Å². The van der Waals surface area contributed by atoms with E-state index in [1.54, 1.807) is 6.07 Å². The average molecular weight is 232 g/mol. The molecule has 1 aromatic carbocycles. The van der Waals surface area contributed by atoms with Crippen molar-refractivity contribution in [3.8, 4) is 11.5 Å². The number of hydrogen-bond donors (Lipinski definition) is 2. The third-order valence-corrected chi connectivity index (χ3v) is 2.60. The Morgan fingerprint density at radius 1 is 1.53 bits per heavy atom. The van der Waals surface area contributed by atoms with Gasteiger partial charge in [0.2, 0.25) is 0 Å². The van der Waals surface area contributed by atoms with Crippen molar-refractivity contribution in [2.24, 2.45) is 5.90 Å². The Morgan fingerprint density at radius 3 is 2.73 bits per heavy atom.